The minimum atomic E-state index is -0.572. The lowest BCUT2D eigenvalue weighted by molar-refractivity contribution is 0.0523. The van der Waals surface area contributed by atoms with Crippen molar-refractivity contribution in [3.8, 4) is 5.75 Å². The number of carbonyl (C=O) groups excluding carboxylic acids is 1. The molecule has 1 aromatic heterocycles. The van der Waals surface area contributed by atoms with Crippen LogP contribution in [0.15, 0.2) is 24.3 Å². The second-order valence-corrected chi connectivity index (χ2v) is 5.05. The second kappa shape index (κ2) is 4.81. The van der Waals surface area contributed by atoms with Crippen molar-refractivity contribution >= 4 is 39.6 Å². The first kappa shape index (κ1) is 12.0. The number of hydrogen-bond acceptors (Lipinski definition) is 5. The van der Waals surface area contributed by atoms with Gasteiger partial charge in [-0.25, -0.2) is 4.79 Å². The minimum absolute atomic E-state index is 0.0885. The molecule has 2 rings (SSSR count). The Morgan fingerprint density at radius 1 is 1.47 bits per heavy atom. The van der Waals surface area contributed by atoms with E-state index >= 15 is 0 Å². The number of carbonyl (C=O) groups is 1. The van der Waals surface area contributed by atoms with Crippen LogP contribution in [0.2, 0.25) is 0 Å². The fraction of sp³-hybridized carbons (Fsp3) is 0.167. The van der Waals surface area contributed by atoms with Gasteiger partial charge in [-0.2, -0.15) is 0 Å². The zero-order valence-electron chi connectivity index (χ0n) is 9.10. The van der Waals surface area contributed by atoms with Crippen LogP contribution in [0.5, 0.6) is 5.75 Å². The van der Waals surface area contributed by atoms with Crippen LogP contribution in [0.3, 0.4) is 0 Å². The highest BCUT2D eigenvalue weighted by molar-refractivity contribution is 7.74. The zero-order valence-corrected chi connectivity index (χ0v) is 10.7. The molecule has 0 aliphatic carbocycles. The SMILES string of the molecule is CCOC(=O)c1c(O)c2ccccc2sc1=S. The van der Waals surface area contributed by atoms with E-state index in [0.717, 1.165) is 4.70 Å². The Balaban J connectivity index is 2.72. The molecular formula is C12H10O3S2. The summed E-state index contributed by atoms with van der Waals surface area (Å²) in [5.74, 6) is -0.667. The first-order valence-corrected chi connectivity index (χ1v) is 6.29. The van der Waals surface area contributed by atoms with Gasteiger partial charge in [0.25, 0.3) is 0 Å². The first-order chi connectivity index (χ1) is 8.15. The van der Waals surface area contributed by atoms with E-state index in [-0.39, 0.29) is 17.9 Å². The lowest BCUT2D eigenvalue weighted by Crippen LogP contribution is -2.05. The Labute approximate surface area is 107 Å². The van der Waals surface area contributed by atoms with Crippen LogP contribution in [0.25, 0.3) is 10.1 Å². The fourth-order valence-electron chi connectivity index (χ4n) is 1.52. The van der Waals surface area contributed by atoms with Gasteiger partial charge in [0.15, 0.2) is 0 Å². The second-order valence-electron chi connectivity index (χ2n) is 3.33. The predicted octanol–water partition coefficient (Wildman–Crippen LogP) is 3.51. The summed E-state index contributed by atoms with van der Waals surface area (Å²) in [5.41, 5.74) is 0.0885. The van der Waals surface area contributed by atoms with Gasteiger partial charge in [-0.1, -0.05) is 24.4 Å². The van der Waals surface area contributed by atoms with Crippen LogP contribution in [0, 0.1) is 3.82 Å². The molecule has 2 aromatic rings. The Kier molecular flexibility index (Phi) is 3.40. The molecule has 1 N–H and O–H groups in total. The Morgan fingerprint density at radius 2 is 2.18 bits per heavy atom. The van der Waals surface area contributed by atoms with Crippen LogP contribution in [0.4, 0.5) is 0 Å². The minimum Gasteiger partial charge on any atom is -0.506 e. The molecule has 0 aliphatic rings. The molecule has 0 aliphatic heterocycles. The number of fused-ring (bicyclic) bond motifs is 1. The molecule has 1 heterocycles. The van der Waals surface area contributed by atoms with Crippen molar-refractivity contribution in [1.82, 2.24) is 0 Å². The third-order valence-corrected chi connectivity index (χ3v) is 3.68. The lowest BCUT2D eigenvalue weighted by Gasteiger charge is -2.06. The molecular weight excluding hydrogens is 256 g/mol. The zero-order chi connectivity index (χ0) is 12.4. The van der Waals surface area contributed by atoms with Crippen molar-refractivity contribution in [2.75, 3.05) is 6.61 Å². The van der Waals surface area contributed by atoms with Gasteiger partial charge in [-0.05, 0) is 19.1 Å². The maximum Gasteiger partial charge on any atom is 0.344 e. The molecule has 0 amide bonds. The number of benzene rings is 1. The summed E-state index contributed by atoms with van der Waals surface area (Å²) in [7, 11) is 0. The van der Waals surface area contributed by atoms with E-state index in [1.54, 1.807) is 19.1 Å². The van der Waals surface area contributed by atoms with Gasteiger partial charge in [-0.3, -0.25) is 0 Å². The van der Waals surface area contributed by atoms with Gasteiger partial charge in [-0.15, -0.1) is 11.3 Å². The Bertz CT molecular complexity index is 631. The normalized spacial score (nSPS) is 10.4. The molecule has 3 nitrogen and oxygen atoms in total. The van der Waals surface area contributed by atoms with Crippen LogP contribution in [0.1, 0.15) is 17.3 Å². The van der Waals surface area contributed by atoms with Crippen LogP contribution in [-0.2, 0) is 4.74 Å². The summed E-state index contributed by atoms with van der Waals surface area (Å²) in [6, 6.07) is 7.26. The molecule has 0 radical (unpaired) electrons. The summed E-state index contributed by atoms with van der Waals surface area (Å²) in [6.45, 7) is 1.97. The summed E-state index contributed by atoms with van der Waals surface area (Å²) < 4.78 is 6.08. The van der Waals surface area contributed by atoms with E-state index in [0.29, 0.717) is 9.21 Å². The number of esters is 1. The quantitative estimate of drug-likeness (QED) is 0.667. The maximum atomic E-state index is 11.7. The molecule has 0 spiro atoms. The standard InChI is InChI=1S/C12H10O3S2/c1-2-15-11(14)9-10(13)7-5-3-4-6-8(7)17-12(9)16/h3-6,13H,2H2,1H3. The largest absolute Gasteiger partial charge is 0.506 e. The summed E-state index contributed by atoms with van der Waals surface area (Å²) in [4.78, 5) is 11.7. The summed E-state index contributed by atoms with van der Waals surface area (Å²) in [5, 5.41) is 10.7. The number of hydrogen-bond donors (Lipinski definition) is 1. The van der Waals surface area contributed by atoms with Gasteiger partial charge in [0.2, 0.25) is 0 Å². The molecule has 0 fully saturated rings. The van der Waals surface area contributed by atoms with Crippen LogP contribution >= 0.6 is 23.6 Å². The molecule has 0 saturated heterocycles. The molecule has 0 atom stereocenters. The summed E-state index contributed by atoms with van der Waals surface area (Å²) in [6.07, 6.45) is 0. The third kappa shape index (κ3) is 2.16. The van der Waals surface area contributed by atoms with Crippen LogP contribution < -0.4 is 0 Å². The topological polar surface area (TPSA) is 46.5 Å². The average Bonchev–Trinajstić information content (AvgIpc) is 2.29. The highest BCUT2D eigenvalue weighted by atomic mass is 32.1. The number of ether oxygens (including phenoxy) is 1. The summed E-state index contributed by atoms with van der Waals surface area (Å²) >= 11 is 6.41. The van der Waals surface area contributed by atoms with Gasteiger partial charge in [0.1, 0.15) is 15.1 Å². The smallest absolute Gasteiger partial charge is 0.344 e. The first-order valence-electron chi connectivity index (χ1n) is 5.07. The van der Waals surface area contributed by atoms with E-state index < -0.39 is 5.97 Å². The van der Waals surface area contributed by atoms with Crippen molar-refractivity contribution in [2.24, 2.45) is 0 Å². The van der Waals surface area contributed by atoms with Gasteiger partial charge < -0.3 is 9.84 Å². The van der Waals surface area contributed by atoms with E-state index in [2.05, 4.69) is 0 Å². The fourth-order valence-corrected chi connectivity index (χ4v) is 2.87. The Morgan fingerprint density at radius 3 is 2.88 bits per heavy atom. The maximum absolute atomic E-state index is 11.7. The number of aromatic hydroxyl groups is 1. The molecule has 0 saturated carbocycles. The molecule has 17 heavy (non-hydrogen) atoms. The van der Waals surface area contributed by atoms with E-state index in [9.17, 15) is 9.90 Å². The molecule has 1 aromatic carbocycles. The number of rotatable bonds is 2. The van der Waals surface area contributed by atoms with E-state index in [4.69, 9.17) is 17.0 Å². The molecule has 0 bridgehead atoms. The van der Waals surface area contributed by atoms with Gasteiger partial charge in [0.05, 0.1) is 6.61 Å². The van der Waals surface area contributed by atoms with Crippen LogP contribution in [-0.4, -0.2) is 17.7 Å². The van der Waals surface area contributed by atoms with Crippen molar-refractivity contribution < 1.29 is 14.6 Å². The van der Waals surface area contributed by atoms with Crippen molar-refractivity contribution in [2.45, 2.75) is 6.92 Å². The predicted molar refractivity (Wildman–Crippen MR) is 70.3 cm³/mol. The molecule has 88 valence electrons. The highest BCUT2D eigenvalue weighted by Gasteiger charge is 2.17. The lowest BCUT2D eigenvalue weighted by atomic mass is 10.2. The molecule has 0 unspecified atom stereocenters. The van der Waals surface area contributed by atoms with Crippen molar-refractivity contribution in [3.63, 3.8) is 0 Å². The van der Waals surface area contributed by atoms with Gasteiger partial charge in [0, 0.05) is 10.1 Å². The van der Waals surface area contributed by atoms with Crippen molar-refractivity contribution in [3.05, 3.63) is 33.7 Å². The third-order valence-electron chi connectivity index (χ3n) is 2.27. The average molecular weight is 266 g/mol. The Hall–Kier alpha value is -1.46. The van der Waals surface area contributed by atoms with E-state index in [1.807, 2.05) is 12.1 Å². The van der Waals surface area contributed by atoms with Crippen molar-refractivity contribution in [1.29, 1.82) is 0 Å². The van der Waals surface area contributed by atoms with E-state index in [1.165, 1.54) is 11.3 Å². The van der Waals surface area contributed by atoms with Gasteiger partial charge >= 0.3 is 5.97 Å². The monoisotopic (exact) mass is 266 g/mol. The highest BCUT2D eigenvalue weighted by Crippen LogP contribution is 2.33. The molecule has 5 heteroatoms.